The van der Waals surface area contributed by atoms with Crippen molar-refractivity contribution < 1.29 is 0 Å². The van der Waals surface area contributed by atoms with Gasteiger partial charge in [-0.1, -0.05) is 6.07 Å². The molecule has 5 heteroatoms. The lowest BCUT2D eigenvalue weighted by Crippen LogP contribution is -1.94. The predicted octanol–water partition coefficient (Wildman–Crippen LogP) is 2.40. The highest BCUT2D eigenvalue weighted by atomic mass is 127. The molecular formula is C11H7IN4. The van der Waals surface area contributed by atoms with Crippen molar-refractivity contribution in [1.29, 1.82) is 0 Å². The summed E-state index contributed by atoms with van der Waals surface area (Å²) in [6.45, 7) is 0. The Bertz CT molecular complexity index is 633. The number of hydrogen-bond acceptors (Lipinski definition) is 3. The lowest BCUT2D eigenvalue weighted by Gasteiger charge is -2.02. The van der Waals surface area contributed by atoms with Crippen molar-refractivity contribution in [3.63, 3.8) is 0 Å². The molecule has 78 valence electrons. The summed E-state index contributed by atoms with van der Waals surface area (Å²) in [6.07, 6.45) is 7.18. The van der Waals surface area contributed by atoms with Gasteiger partial charge in [0.15, 0.2) is 5.65 Å². The monoisotopic (exact) mass is 322 g/mol. The molecule has 16 heavy (non-hydrogen) atoms. The van der Waals surface area contributed by atoms with Crippen molar-refractivity contribution in [1.82, 2.24) is 19.6 Å². The standard InChI is InChI=1S/C11H7IN4/c12-10-7-14-11-9(3-5-15-16(10)11)8-2-1-4-13-6-8/h1-7H. The summed E-state index contributed by atoms with van der Waals surface area (Å²) in [4.78, 5) is 8.48. The molecule has 0 saturated carbocycles. The van der Waals surface area contributed by atoms with Crippen LogP contribution in [-0.2, 0) is 0 Å². The second-order valence-electron chi connectivity index (χ2n) is 3.30. The third-order valence-corrected chi connectivity index (χ3v) is 3.07. The van der Waals surface area contributed by atoms with Gasteiger partial charge in [-0.2, -0.15) is 5.10 Å². The molecule has 0 spiro atoms. The molecule has 0 saturated heterocycles. The Morgan fingerprint density at radius 1 is 1.12 bits per heavy atom. The summed E-state index contributed by atoms with van der Waals surface area (Å²) in [5.74, 6) is 0. The highest BCUT2D eigenvalue weighted by Gasteiger charge is 2.07. The highest BCUT2D eigenvalue weighted by molar-refractivity contribution is 14.1. The number of pyridine rings is 1. The Morgan fingerprint density at radius 2 is 2.06 bits per heavy atom. The second-order valence-corrected chi connectivity index (χ2v) is 4.41. The first kappa shape index (κ1) is 9.71. The van der Waals surface area contributed by atoms with E-state index < -0.39 is 0 Å². The first-order valence-corrected chi connectivity index (χ1v) is 5.83. The van der Waals surface area contributed by atoms with E-state index >= 15 is 0 Å². The molecule has 0 N–H and O–H groups in total. The minimum Gasteiger partial charge on any atom is -0.264 e. The molecule has 3 aromatic heterocycles. The van der Waals surface area contributed by atoms with Crippen LogP contribution in [0.1, 0.15) is 0 Å². The summed E-state index contributed by atoms with van der Waals surface area (Å²) in [5.41, 5.74) is 2.96. The van der Waals surface area contributed by atoms with Crippen LogP contribution in [0, 0.1) is 3.70 Å². The largest absolute Gasteiger partial charge is 0.264 e. The van der Waals surface area contributed by atoms with E-state index in [-0.39, 0.29) is 0 Å². The zero-order valence-electron chi connectivity index (χ0n) is 8.21. The average Bonchev–Trinajstić information content (AvgIpc) is 2.73. The zero-order valence-corrected chi connectivity index (χ0v) is 10.4. The summed E-state index contributed by atoms with van der Waals surface area (Å²) in [5, 5.41) is 4.25. The number of imidazole rings is 1. The molecule has 0 aromatic carbocycles. The number of fused-ring (bicyclic) bond motifs is 1. The fourth-order valence-electron chi connectivity index (χ4n) is 1.61. The zero-order chi connectivity index (χ0) is 11.0. The average molecular weight is 322 g/mol. The van der Waals surface area contributed by atoms with E-state index in [0.717, 1.165) is 20.5 Å². The van der Waals surface area contributed by atoms with Gasteiger partial charge in [-0.15, -0.1) is 0 Å². The van der Waals surface area contributed by atoms with Gasteiger partial charge in [-0.05, 0) is 34.7 Å². The quantitative estimate of drug-likeness (QED) is 0.646. The van der Waals surface area contributed by atoms with Crippen molar-refractivity contribution in [2.24, 2.45) is 0 Å². The molecule has 0 fully saturated rings. The maximum atomic E-state index is 4.36. The van der Waals surface area contributed by atoms with Crippen LogP contribution in [-0.4, -0.2) is 19.6 Å². The fraction of sp³-hybridized carbons (Fsp3) is 0. The van der Waals surface area contributed by atoms with Gasteiger partial charge in [0.1, 0.15) is 3.70 Å². The van der Waals surface area contributed by atoms with Crippen molar-refractivity contribution >= 4 is 28.2 Å². The van der Waals surface area contributed by atoms with E-state index in [1.54, 1.807) is 12.4 Å². The lowest BCUT2D eigenvalue weighted by molar-refractivity contribution is 0.915. The van der Waals surface area contributed by atoms with Crippen LogP contribution in [0.4, 0.5) is 0 Å². The van der Waals surface area contributed by atoms with E-state index in [1.165, 1.54) is 0 Å². The van der Waals surface area contributed by atoms with E-state index in [0.29, 0.717) is 0 Å². The SMILES string of the molecule is Ic1cnc2c(-c3cccnc3)ccnn12. The molecular weight excluding hydrogens is 315 g/mol. The Kier molecular flexibility index (Phi) is 2.32. The van der Waals surface area contributed by atoms with E-state index in [2.05, 4.69) is 37.7 Å². The molecule has 0 amide bonds. The molecule has 4 nitrogen and oxygen atoms in total. The summed E-state index contributed by atoms with van der Waals surface area (Å²) in [6, 6.07) is 5.89. The topological polar surface area (TPSA) is 43.1 Å². The fourth-order valence-corrected chi connectivity index (χ4v) is 2.11. The summed E-state index contributed by atoms with van der Waals surface area (Å²) in [7, 11) is 0. The molecule has 3 aromatic rings. The van der Waals surface area contributed by atoms with Crippen molar-refractivity contribution in [2.75, 3.05) is 0 Å². The van der Waals surface area contributed by atoms with E-state index in [9.17, 15) is 0 Å². The second kappa shape index (κ2) is 3.82. The van der Waals surface area contributed by atoms with Gasteiger partial charge in [0.2, 0.25) is 0 Å². The number of rotatable bonds is 1. The number of aromatic nitrogens is 4. The molecule has 0 bridgehead atoms. The molecule has 0 atom stereocenters. The predicted molar refractivity (Wildman–Crippen MR) is 68.9 cm³/mol. The van der Waals surface area contributed by atoms with Crippen LogP contribution in [0.2, 0.25) is 0 Å². The van der Waals surface area contributed by atoms with Crippen LogP contribution in [0.25, 0.3) is 16.8 Å². The minimum atomic E-state index is 0.861. The molecule has 0 unspecified atom stereocenters. The molecule has 0 aliphatic rings. The number of nitrogens with zero attached hydrogens (tertiary/aromatic N) is 4. The van der Waals surface area contributed by atoms with Gasteiger partial charge in [-0.3, -0.25) is 4.98 Å². The Morgan fingerprint density at radius 3 is 2.88 bits per heavy atom. The van der Waals surface area contributed by atoms with Crippen LogP contribution in [0.3, 0.4) is 0 Å². The minimum absolute atomic E-state index is 0.861. The van der Waals surface area contributed by atoms with Crippen LogP contribution in [0.5, 0.6) is 0 Å². The first-order chi connectivity index (χ1) is 7.86. The van der Waals surface area contributed by atoms with Gasteiger partial charge in [0.05, 0.1) is 6.20 Å². The van der Waals surface area contributed by atoms with Crippen LogP contribution < -0.4 is 0 Å². The van der Waals surface area contributed by atoms with Crippen molar-refractivity contribution in [2.45, 2.75) is 0 Å². The van der Waals surface area contributed by atoms with Gasteiger partial charge >= 0.3 is 0 Å². The molecule has 0 aliphatic heterocycles. The van der Waals surface area contributed by atoms with Gasteiger partial charge < -0.3 is 0 Å². The Hall–Kier alpha value is -1.50. The van der Waals surface area contributed by atoms with Gasteiger partial charge in [-0.25, -0.2) is 9.50 Å². The van der Waals surface area contributed by atoms with Crippen LogP contribution in [0.15, 0.2) is 43.0 Å². The van der Waals surface area contributed by atoms with Crippen molar-refractivity contribution in [3.05, 3.63) is 46.7 Å². The normalized spacial score (nSPS) is 10.8. The number of halogens is 1. The summed E-state index contributed by atoms with van der Waals surface area (Å²) < 4.78 is 2.82. The molecule has 0 radical (unpaired) electrons. The third kappa shape index (κ3) is 1.47. The van der Waals surface area contributed by atoms with Gasteiger partial charge in [0.25, 0.3) is 0 Å². The van der Waals surface area contributed by atoms with Crippen molar-refractivity contribution in [3.8, 4) is 11.1 Å². The molecule has 3 rings (SSSR count). The van der Waals surface area contributed by atoms with Gasteiger partial charge in [0, 0.05) is 29.7 Å². The molecule has 0 aliphatic carbocycles. The lowest BCUT2D eigenvalue weighted by atomic mass is 10.1. The maximum absolute atomic E-state index is 4.36. The van der Waals surface area contributed by atoms with E-state index in [1.807, 2.05) is 35.1 Å². The van der Waals surface area contributed by atoms with E-state index in [4.69, 9.17) is 0 Å². The maximum Gasteiger partial charge on any atom is 0.162 e. The Balaban J connectivity index is 2.32. The highest BCUT2D eigenvalue weighted by Crippen LogP contribution is 2.22. The van der Waals surface area contributed by atoms with Crippen LogP contribution >= 0.6 is 22.6 Å². The number of hydrogen-bond donors (Lipinski definition) is 0. The Labute approximate surface area is 105 Å². The smallest absolute Gasteiger partial charge is 0.162 e. The first-order valence-electron chi connectivity index (χ1n) is 4.75. The summed E-state index contributed by atoms with van der Waals surface area (Å²) >= 11 is 2.21. The third-order valence-electron chi connectivity index (χ3n) is 2.33. The molecule has 3 heterocycles.